The zero-order valence-corrected chi connectivity index (χ0v) is 11.4. The third-order valence-corrected chi connectivity index (χ3v) is 3.74. The number of pyridine rings is 1. The Hall–Kier alpha value is -2.20. The van der Waals surface area contributed by atoms with Gasteiger partial charge in [-0.2, -0.15) is 0 Å². The zero-order chi connectivity index (χ0) is 13.5. The molecule has 1 aromatic carbocycles. The van der Waals surface area contributed by atoms with Gasteiger partial charge in [-0.25, -0.2) is 4.98 Å². The third-order valence-electron chi connectivity index (χ3n) is 3.50. The number of hydrogen-bond acceptors (Lipinski definition) is 4. The predicted molar refractivity (Wildman–Crippen MR) is 78.7 cm³/mol. The standard InChI is InChI=1S/C15H11ClN4/c16-11-3-4-12-13(6-11)18-7-15(19-12)20-8-10-2-1-5-17-14(10)9-20/h1-7H,8-9H2. The second-order valence-corrected chi connectivity index (χ2v) is 5.26. The van der Waals surface area contributed by atoms with Gasteiger partial charge in [-0.3, -0.25) is 9.97 Å². The lowest BCUT2D eigenvalue weighted by atomic mass is 10.2. The summed E-state index contributed by atoms with van der Waals surface area (Å²) in [7, 11) is 0. The van der Waals surface area contributed by atoms with Gasteiger partial charge < -0.3 is 4.90 Å². The van der Waals surface area contributed by atoms with Crippen LogP contribution in [0.2, 0.25) is 5.02 Å². The highest BCUT2D eigenvalue weighted by Crippen LogP contribution is 2.26. The molecular weight excluding hydrogens is 272 g/mol. The number of aromatic nitrogens is 3. The van der Waals surface area contributed by atoms with Crippen LogP contribution < -0.4 is 4.90 Å². The summed E-state index contributed by atoms with van der Waals surface area (Å²) in [6.07, 6.45) is 3.63. The molecule has 0 atom stereocenters. The summed E-state index contributed by atoms with van der Waals surface area (Å²) in [6.45, 7) is 1.61. The molecule has 0 radical (unpaired) electrons. The van der Waals surface area contributed by atoms with E-state index in [2.05, 4.69) is 25.9 Å². The van der Waals surface area contributed by atoms with Crippen LogP contribution in [0, 0.1) is 0 Å². The highest BCUT2D eigenvalue weighted by molar-refractivity contribution is 6.31. The molecule has 0 unspecified atom stereocenters. The van der Waals surface area contributed by atoms with Crippen LogP contribution in [0.25, 0.3) is 11.0 Å². The number of hydrogen-bond donors (Lipinski definition) is 0. The second-order valence-electron chi connectivity index (χ2n) is 4.83. The number of nitrogens with zero attached hydrogens (tertiary/aromatic N) is 4. The van der Waals surface area contributed by atoms with Crippen LogP contribution in [0.1, 0.15) is 11.3 Å². The quantitative estimate of drug-likeness (QED) is 0.687. The van der Waals surface area contributed by atoms with Gasteiger partial charge in [-0.15, -0.1) is 0 Å². The van der Waals surface area contributed by atoms with E-state index < -0.39 is 0 Å². The Kier molecular flexibility index (Phi) is 2.57. The van der Waals surface area contributed by atoms with Gasteiger partial charge in [-0.05, 0) is 29.8 Å². The van der Waals surface area contributed by atoms with E-state index >= 15 is 0 Å². The first kappa shape index (κ1) is 11.6. The largest absolute Gasteiger partial charge is 0.345 e. The van der Waals surface area contributed by atoms with Crippen molar-refractivity contribution >= 4 is 28.5 Å². The Balaban J connectivity index is 1.72. The molecule has 0 saturated carbocycles. The smallest absolute Gasteiger partial charge is 0.148 e. The average Bonchev–Trinajstić information content (AvgIpc) is 2.90. The first-order valence-corrected chi connectivity index (χ1v) is 6.77. The van der Waals surface area contributed by atoms with Crippen LogP contribution in [0.4, 0.5) is 5.82 Å². The van der Waals surface area contributed by atoms with E-state index in [1.165, 1.54) is 5.56 Å². The summed E-state index contributed by atoms with van der Waals surface area (Å²) in [5.41, 5.74) is 4.04. The SMILES string of the molecule is Clc1ccc2nc(N3Cc4cccnc4C3)cnc2c1. The highest BCUT2D eigenvalue weighted by atomic mass is 35.5. The van der Waals surface area contributed by atoms with Crippen molar-refractivity contribution in [1.82, 2.24) is 15.0 Å². The maximum Gasteiger partial charge on any atom is 0.148 e. The van der Waals surface area contributed by atoms with E-state index in [4.69, 9.17) is 11.6 Å². The number of rotatable bonds is 1. The topological polar surface area (TPSA) is 41.9 Å². The van der Waals surface area contributed by atoms with Crippen molar-refractivity contribution in [2.24, 2.45) is 0 Å². The lowest BCUT2D eigenvalue weighted by Crippen LogP contribution is -2.16. The molecule has 2 aromatic heterocycles. The van der Waals surface area contributed by atoms with Gasteiger partial charge in [0.2, 0.25) is 0 Å². The van der Waals surface area contributed by atoms with Gasteiger partial charge in [-0.1, -0.05) is 17.7 Å². The molecule has 1 aliphatic rings. The Labute approximate surface area is 121 Å². The highest BCUT2D eigenvalue weighted by Gasteiger charge is 2.21. The zero-order valence-electron chi connectivity index (χ0n) is 10.6. The maximum absolute atomic E-state index is 5.96. The van der Waals surface area contributed by atoms with Crippen molar-refractivity contribution in [3.8, 4) is 0 Å². The Morgan fingerprint density at radius 3 is 2.90 bits per heavy atom. The van der Waals surface area contributed by atoms with Gasteiger partial charge in [0.05, 0.1) is 29.5 Å². The molecule has 4 nitrogen and oxygen atoms in total. The minimum absolute atomic E-state index is 0.678. The Morgan fingerprint density at radius 2 is 2.00 bits per heavy atom. The lowest BCUT2D eigenvalue weighted by molar-refractivity contribution is 0.848. The predicted octanol–water partition coefficient (Wildman–Crippen LogP) is 3.20. The van der Waals surface area contributed by atoms with E-state index in [0.29, 0.717) is 5.02 Å². The van der Waals surface area contributed by atoms with E-state index in [-0.39, 0.29) is 0 Å². The second kappa shape index (κ2) is 4.42. The summed E-state index contributed by atoms with van der Waals surface area (Å²) in [5, 5.41) is 0.678. The first-order valence-electron chi connectivity index (χ1n) is 6.40. The fraction of sp³-hybridized carbons (Fsp3) is 0.133. The maximum atomic E-state index is 5.96. The normalized spacial score (nSPS) is 13.8. The number of fused-ring (bicyclic) bond motifs is 2. The van der Waals surface area contributed by atoms with Crippen LogP contribution in [-0.4, -0.2) is 15.0 Å². The van der Waals surface area contributed by atoms with E-state index in [0.717, 1.165) is 35.6 Å². The molecule has 3 aromatic rings. The number of halogens is 1. The van der Waals surface area contributed by atoms with E-state index in [9.17, 15) is 0 Å². The first-order chi connectivity index (χ1) is 9.79. The minimum Gasteiger partial charge on any atom is -0.345 e. The fourth-order valence-electron chi connectivity index (χ4n) is 2.49. The summed E-state index contributed by atoms with van der Waals surface area (Å²) < 4.78 is 0. The molecule has 5 heteroatoms. The molecule has 3 heterocycles. The van der Waals surface area contributed by atoms with Crippen LogP contribution in [0.3, 0.4) is 0 Å². The van der Waals surface area contributed by atoms with Crippen molar-refractivity contribution in [1.29, 1.82) is 0 Å². The van der Waals surface area contributed by atoms with Crippen molar-refractivity contribution < 1.29 is 0 Å². The summed E-state index contributed by atoms with van der Waals surface area (Å²) >= 11 is 5.96. The molecule has 98 valence electrons. The average molecular weight is 283 g/mol. The molecule has 0 amide bonds. The van der Waals surface area contributed by atoms with Gasteiger partial charge in [0, 0.05) is 17.8 Å². The minimum atomic E-state index is 0.678. The van der Waals surface area contributed by atoms with E-state index in [1.807, 2.05) is 30.5 Å². The molecular formula is C15H11ClN4. The molecule has 0 N–H and O–H groups in total. The third kappa shape index (κ3) is 1.89. The van der Waals surface area contributed by atoms with Crippen molar-refractivity contribution in [2.75, 3.05) is 4.90 Å². The molecule has 0 spiro atoms. The summed E-state index contributed by atoms with van der Waals surface area (Å²) in [6, 6.07) is 9.64. The fourth-order valence-corrected chi connectivity index (χ4v) is 2.65. The number of anilines is 1. The molecule has 20 heavy (non-hydrogen) atoms. The Morgan fingerprint density at radius 1 is 1.05 bits per heavy atom. The van der Waals surface area contributed by atoms with Crippen molar-refractivity contribution in [3.63, 3.8) is 0 Å². The lowest BCUT2D eigenvalue weighted by Gasteiger charge is -2.15. The van der Waals surface area contributed by atoms with Gasteiger partial charge >= 0.3 is 0 Å². The van der Waals surface area contributed by atoms with E-state index in [1.54, 1.807) is 6.20 Å². The summed E-state index contributed by atoms with van der Waals surface area (Å²) in [5.74, 6) is 0.873. The van der Waals surface area contributed by atoms with Crippen LogP contribution >= 0.6 is 11.6 Å². The van der Waals surface area contributed by atoms with Gasteiger partial charge in [0.15, 0.2) is 0 Å². The molecule has 1 aliphatic heterocycles. The molecule has 0 bridgehead atoms. The van der Waals surface area contributed by atoms with Gasteiger partial charge in [0.25, 0.3) is 0 Å². The molecule has 0 saturated heterocycles. The monoisotopic (exact) mass is 282 g/mol. The molecule has 0 aliphatic carbocycles. The Bertz CT molecular complexity index is 778. The van der Waals surface area contributed by atoms with Gasteiger partial charge in [0.1, 0.15) is 5.82 Å². The van der Waals surface area contributed by atoms with Crippen LogP contribution in [0.15, 0.2) is 42.7 Å². The van der Waals surface area contributed by atoms with Crippen molar-refractivity contribution in [3.05, 3.63) is 59.0 Å². The molecule has 0 fully saturated rings. The van der Waals surface area contributed by atoms with Crippen LogP contribution in [0.5, 0.6) is 0 Å². The number of benzene rings is 1. The summed E-state index contributed by atoms with van der Waals surface area (Å²) in [4.78, 5) is 15.7. The van der Waals surface area contributed by atoms with Crippen molar-refractivity contribution in [2.45, 2.75) is 13.1 Å². The van der Waals surface area contributed by atoms with Crippen LogP contribution in [-0.2, 0) is 13.1 Å². The molecule has 4 rings (SSSR count).